The lowest BCUT2D eigenvalue weighted by Crippen LogP contribution is -2.50. The zero-order chi connectivity index (χ0) is 13.9. The molecule has 6 heteroatoms. The van der Waals surface area contributed by atoms with Crippen LogP contribution in [0.3, 0.4) is 0 Å². The van der Waals surface area contributed by atoms with Gasteiger partial charge in [0.2, 0.25) is 17.7 Å². The highest BCUT2D eigenvalue weighted by molar-refractivity contribution is 6.05. The van der Waals surface area contributed by atoms with E-state index in [2.05, 4.69) is 10.6 Å². The first-order valence-corrected chi connectivity index (χ1v) is 6.27. The molecular formula is C12H21N3O3. The topological polar surface area (TPSA) is 78.5 Å². The number of carbonyl (C=O) groups is 3. The van der Waals surface area contributed by atoms with Crippen molar-refractivity contribution in [1.82, 2.24) is 15.5 Å². The Morgan fingerprint density at radius 3 is 2.44 bits per heavy atom. The highest BCUT2D eigenvalue weighted by Gasteiger charge is 2.38. The monoisotopic (exact) mass is 255 g/mol. The third-order valence-electron chi connectivity index (χ3n) is 2.84. The molecule has 0 spiro atoms. The largest absolute Gasteiger partial charge is 0.353 e. The molecule has 1 aliphatic heterocycles. The molecule has 1 heterocycles. The van der Waals surface area contributed by atoms with Crippen LogP contribution in [0.2, 0.25) is 0 Å². The average Bonchev–Trinajstić information content (AvgIpc) is 2.52. The maximum atomic E-state index is 11.8. The average molecular weight is 255 g/mol. The summed E-state index contributed by atoms with van der Waals surface area (Å²) >= 11 is 0. The smallest absolute Gasteiger partial charge is 0.246 e. The van der Waals surface area contributed by atoms with Gasteiger partial charge >= 0.3 is 0 Å². The summed E-state index contributed by atoms with van der Waals surface area (Å²) in [5, 5.41) is 5.66. The SMILES string of the molecule is CCN1C(=O)CC(NC(C)C(=O)NC(C)C)C1=O. The van der Waals surface area contributed by atoms with Crippen LogP contribution in [-0.2, 0) is 14.4 Å². The standard InChI is InChI=1S/C12H21N3O3/c1-5-15-10(16)6-9(12(15)18)14-8(4)11(17)13-7(2)3/h7-9,14H,5-6H2,1-4H3,(H,13,17). The van der Waals surface area contributed by atoms with Gasteiger partial charge in [0.15, 0.2) is 0 Å². The van der Waals surface area contributed by atoms with E-state index in [4.69, 9.17) is 0 Å². The van der Waals surface area contributed by atoms with E-state index in [-0.39, 0.29) is 30.2 Å². The van der Waals surface area contributed by atoms with E-state index in [0.29, 0.717) is 6.54 Å². The molecule has 2 N–H and O–H groups in total. The van der Waals surface area contributed by atoms with Crippen molar-refractivity contribution in [3.05, 3.63) is 0 Å². The summed E-state index contributed by atoms with van der Waals surface area (Å²) in [7, 11) is 0. The van der Waals surface area contributed by atoms with E-state index in [1.54, 1.807) is 13.8 Å². The van der Waals surface area contributed by atoms with Gasteiger partial charge in [-0.1, -0.05) is 0 Å². The molecule has 1 fully saturated rings. The molecule has 1 saturated heterocycles. The zero-order valence-electron chi connectivity index (χ0n) is 11.3. The molecule has 2 atom stereocenters. The second-order valence-corrected chi connectivity index (χ2v) is 4.78. The number of amides is 3. The number of hydrogen-bond donors (Lipinski definition) is 2. The fourth-order valence-electron chi connectivity index (χ4n) is 1.93. The molecule has 0 bridgehead atoms. The fraction of sp³-hybridized carbons (Fsp3) is 0.750. The molecule has 6 nitrogen and oxygen atoms in total. The predicted molar refractivity (Wildman–Crippen MR) is 66.7 cm³/mol. The molecule has 0 aliphatic carbocycles. The van der Waals surface area contributed by atoms with Crippen LogP contribution in [0.4, 0.5) is 0 Å². The first-order chi connectivity index (χ1) is 8.36. The Bertz CT molecular complexity index is 354. The van der Waals surface area contributed by atoms with Crippen LogP contribution in [-0.4, -0.2) is 47.3 Å². The minimum absolute atomic E-state index is 0.0507. The Balaban J connectivity index is 2.56. The predicted octanol–water partition coefficient (Wildman–Crippen LogP) is -0.363. The molecule has 0 aromatic carbocycles. The summed E-state index contributed by atoms with van der Waals surface area (Å²) in [5.74, 6) is -0.594. The van der Waals surface area contributed by atoms with E-state index in [9.17, 15) is 14.4 Å². The summed E-state index contributed by atoms with van der Waals surface area (Å²) in [5.41, 5.74) is 0. The van der Waals surface area contributed by atoms with Crippen molar-refractivity contribution in [1.29, 1.82) is 0 Å². The van der Waals surface area contributed by atoms with Gasteiger partial charge in [-0.25, -0.2) is 0 Å². The van der Waals surface area contributed by atoms with Gasteiger partial charge in [-0.3, -0.25) is 24.6 Å². The zero-order valence-corrected chi connectivity index (χ0v) is 11.3. The van der Waals surface area contributed by atoms with E-state index in [0.717, 1.165) is 0 Å². The van der Waals surface area contributed by atoms with Crippen molar-refractivity contribution in [3.63, 3.8) is 0 Å². The minimum Gasteiger partial charge on any atom is -0.353 e. The molecule has 1 rings (SSSR count). The van der Waals surface area contributed by atoms with Crippen molar-refractivity contribution in [2.75, 3.05) is 6.54 Å². The van der Waals surface area contributed by atoms with Crippen molar-refractivity contribution < 1.29 is 14.4 Å². The number of rotatable bonds is 5. The molecule has 18 heavy (non-hydrogen) atoms. The van der Waals surface area contributed by atoms with Crippen molar-refractivity contribution in [2.45, 2.75) is 52.2 Å². The Labute approximate surface area is 107 Å². The molecule has 0 radical (unpaired) electrons. The lowest BCUT2D eigenvalue weighted by molar-refractivity contribution is -0.138. The van der Waals surface area contributed by atoms with E-state index >= 15 is 0 Å². The second-order valence-electron chi connectivity index (χ2n) is 4.78. The van der Waals surface area contributed by atoms with Crippen molar-refractivity contribution >= 4 is 17.7 Å². The molecule has 0 aromatic heterocycles. The first-order valence-electron chi connectivity index (χ1n) is 6.27. The van der Waals surface area contributed by atoms with E-state index < -0.39 is 12.1 Å². The second kappa shape index (κ2) is 5.95. The van der Waals surface area contributed by atoms with Gasteiger partial charge in [-0.05, 0) is 27.7 Å². The van der Waals surface area contributed by atoms with Crippen LogP contribution in [0.1, 0.15) is 34.1 Å². The summed E-state index contributed by atoms with van der Waals surface area (Å²) in [4.78, 5) is 36.3. The van der Waals surface area contributed by atoms with Crippen LogP contribution in [0.15, 0.2) is 0 Å². The quantitative estimate of drug-likeness (QED) is 0.657. The lowest BCUT2D eigenvalue weighted by atomic mass is 10.2. The van der Waals surface area contributed by atoms with Gasteiger partial charge in [0.1, 0.15) is 0 Å². The van der Waals surface area contributed by atoms with Gasteiger partial charge < -0.3 is 5.32 Å². The van der Waals surface area contributed by atoms with Crippen LogP contribution in [0.5, 0.6) is 0 Å². The maximum absolute atomic E-state index is 11.8. The van der Waals surface area contributed by atoms with Crippen molar-refractivity contribution in [3.8, 4) is 0 Å². The van der Waals surface area contributed by atoms with Crippen LogP contribution < -0.4 is 10.6 Å². The highest BCUT2D eigenvalue weighted by atomic mass is 16.2. The number of likely N-dealkylation sites (tertiary alicyclic amines) is 1. The van der Waals surface area contributed by atoms with Crippen LogP contribution in [0.25, 0.3) is 0 Å². The lowest BCUT2D eigenvalue weighted by Gasteiger charge is -2.19. The Kier molecular flexibility index (Phi) is 4.84. The van der Waals surface area contributed by atoms with E-state index in [1.807, 2.05) is 13.8 Å². The summed E-state index contributed by atoms with van der Waals surface area (Å²) in [6.45, 7) is 7.56. The van der Waals surface area contributed by atoms with Gasteiger partial charge in [-0.15, -0.1) is 0 Å². The maximum Gasteiger partial charge on any atom is 0.246 e. The number of carbonyl (C=O) groups excluding carboxylic acids is 3. The normalized spacial score (nSPS) is 21.6. The Morgan fingerprint density at radius 1 is 1.39 bits per heavy atom. The molecule has 0 saturated carbocycles. The third kappa shape index (κ3) is 3.29. The molecular weight excluding hydrogens is 234 g/mol. The van der Waals surface area contributed by atoms with Gasteiger partial charge in [-0.2, -0.15) is 0 Å². The molecule has 1 aliphatic rings. The van der Waals surface area contributed by atoms with Gasteiger partial charge in [0.05, 0.1) is 18.5 Å². The molecule has 2 unspecified atom stereocenters. The Morgan fingerprint density at radius 2 is 2.00 bits per heavy atom. The fourth-order valence-corrected chi connectivity index (χ4v) is 1.93. The third-order valence-corrected chi connectivity index (χ3v) is 2.84. The van der Waals surface area contributed by atoms with Crippen LogP contribution >= 0.6 is 0 Å². The Hall–Kier alpha value is -1.43. The number of hydrogen-bond acceptors (Lipinski definition) is 4. The number of nitrogens with one attached hydrogen (secondary N) is 2. The van der Waals surface area contributed by atoms with Crippen molar-refractivity contribution in [2.24, 2.45) is 0 Å². The summed E-state index contributed by atoms with van der Waals surface area (Å²) < 4.78 is 0. The van der Waals surface area contributed by atoms with Crippen LogP contribution in [0, 0.1) is 0 Å². The first kappa shape index (κ1) is 14.6. The summed E-state index contributed by atoms with van der Waals surface area (Å²) in [6, 6.07) is -1.02. The van der Waals surface area contributed by atoms with Gasteiger partial charge in [0, 0.05) is 12.6 Å². The molecule has 0 aromatic rings. The van der Waals surface area contributed by atoms with Gasteiger partial charge in [0.25, 0.3) is 0 Å². The number of likely N-dealkylation sites (N-methyl/N-ethyl adjacent to an activating group) is 1. The minimum atomic E-state index is -0.578. The molecule has 102 valence electrons. The number of nitrogens with zero attached hydrogens (tertiary/aromatic N) is 1. The summed E-state index contributed by atoms with van der Waals surface area (Å²) in [6.07, 6.45) is 0.131. The number of imide groups is 1. The van der Waals surface area contributed by atoms with E-state index in [1.165, 1.54) is 4.90 Å². The highest BCUT2D eigenvalue weighted by Crippen LogP contribution is 2.13. The molecule has 3 amide bonds.